The van der Waals surface area contributed by atoms with Gasteiger partial charge in [0.25, 0.3) is 5.91 Å². The summed E-state index contributed by atoms with van der Waals surface area (Å²) in [5.74, 6) is 0.787. The van der Waals surface area contributed by atoms with Gasteiger partial charge in [0, 0.05) is 31.2 Å². The Labute approximate surface area is 181 Å². The largest absolute Gasteiger partial charge is 0.386 e. The number of benzene rings is 1. The smallest absolute Gasteiger partial charge is 0.253 e. The van der Waals surface area contributed by atoms with E-state index >= 15 is 0 Å². The Morgan fingerprint density at radius 3 is 2.33 bits per heavy atom. The lowest BCUT2D eigenvalue weighted by Crippen LogP contribution is -2.50. The zero-order valence-electron chi connectivity index (χ0n) is 18.7. The number of aliphatic hydroxyl groups is 1. The molecule has 1 aromatic rings. The molecule has 30 heavy (non-hydrogen) atoms. The number of rotatable bonds is 6. The second kappa shape index (κ2) is 9.37. The Morgan fingerprint density at radius 1 is 1.03 bits per heavy atom. The Bertz CT molecular complexity index is 700. The summed E-state index contributed by atoms with van der Waals surface area (Å²) in [4.78, 5) is 17.6. The van der Waals surface area contributed by atoms with Gasteiger partial charge in [0.1, 0.15) is 0 Å². The highest BCUT2D eigenvalue weighted by molar-refractivity contribution is 5.94. The normalized spacial score (nSPS) is 24.6. The predicted octanol–water partition coefficient (Wildman–Crippen LogP) is 3.80. The molecule has 3 fully saturated rings. The van der Waals surface area contributed by atoms with Gasteiger partial charge in [0.15, 0.2) is 0 Å². The molecule has 4 rings (SSSR count). The fraction of sp³-hybridized carbons (Fsp3) is 0.720. The van der Waals surface area contributed by atoms with Crippen LogP contribution in [0.1, 0.15) is 74.7 Å². The van der Waals surface area contributed by atoms with Crippen LogP contribution in [0, 0.1) is 5.92 Å². The van der Waals surface area contributed by atoms with Crippen LogP contribution in [0.4, 0.5) is 0 Å². The number of carbonyl (C=O) groups is 1. The van der Waals surface area contributed by atoms with Gasteiger partial charge >= 0.3 is 0 Å². The number of ether oxygens (including phenoxy) is 1. The molecule has 1 amide bonds. The average Bonchev–Trinajstić information content (AvgIpc) is 2.72. The number of likely N-dealkylation sites (tertiary alicyclic amines) is 2. The molecule has 0 aromatic heterocycles. The predicted molar refractivity (Wildman–Crippen MR) is 119 cm³/mol. The van der Waals surface area contributed by atoms with E-state index in [4.69, 9.17) is 4.74 Å². The molecule has 2 saturated heterocycles. The highest BCUT2D eigenvalue weighted by Crippen LogP contribution is 2.28. The molecular weight excluding hydrogens is 376 g/mol. The molecule has 1 N–H and O–H groups in total. The molecule has 0 bridgehead atoms. The van der Waals surface area contributed by atoms with Crippen LogP contribution in [-0.2, 0) is 10.3 Å². The molecule has 2 aliphatic heterocycles. The molecule has 1 aromatic carbocycles. The van der Waals surface area contributed by atoms with Crippen LogP contribution in [-0.4, -0.2) is 65.7 Å². The van der Waals surface area contributed by atoms with Crippen molar-refractivity contribution in [1.82, 2.24) is 9.80 Å². The first kappa shape index (κ1) is 21.8. The molecule has 0 radical (unpaired) electrons. The van der Waals surface area contributed by atoms with Crippen LogP contribution in [0.25, 0.3) is 0 Å². The summed E-state index contributed by atoms with van der Waals surface area (Å²) in [5, 5.41) is 10.1. The summed E-state index contributed by atoms with van der Waals surface area (Å²) in [5.41, 5.74) is 0.668. The van der Waals surface area contributed by atoms with E-state index in [1.54, 1.807) is 13.8 Å². The van der Waals surface area contributed by atoms with Gasteiger partial charge in [-0.15, -0.1) is 0 Å². The standard InChI is InChI=1S/C25H38N2O3/c1-25(2,29)21-10-8-20(9-11-21)24(28)26-15-12-22(13-16-26)27-14-4-5-19(17-27)18-30-23-6-3-7-23/h8-11,19,22-23,29H,3-7,12-18H2,1-2H3. The molecule has 1 atom stereocenters. The maximum absolute atomic E-state index is 12.9. The van der Waals surface area contributed by atoms with Crippen molar-refractivity contribution in [3.63, 3.8) is 0 Å². The lowest BCUT2D eigenvalue weighted by Gasteiger charge is -2.42. The van der Waals surface area contributed by atoms with E-state index in [1.165, 1.54) is 38.6 Å². The van der Waals surface area contributed by atoms with Gasteiger partial charge in [0.05, 0.1) is 18.3 Å². The van der Waals surface area contributed by atoms with E-state index in [9.17, 15) is 9.90 Å². The van der Waals surface area contributed by atoms with Crippen LogP contribution >= 0.6 is 0 Å². The molecule has 5 heteroatoms. The lowest BCUT2D eigenvalue weighted by atomic mass is 9.93. The van der Waals surface area contributed by atoms with Crippen molar-refractivity contribution in [3.8, 4) is 0 Å². The van der Waals surface area contributed by atoms with Crippen LogP contribution < -0.4 is 0 Å². The minimum absolute atomic E-state index is 0.112. The van der Waals surface area contributed by atoms with Gasteiger partial charge in [-0.25, -0.2) is 0 Å². The quantitative estimate of drug-likeness (QED) is 0.769. The van der Waals surface area contributed by atoms with Crippen molar-refractivity contribution < 1.29 is 14.6 Å². The number of nitrogens with zero attached hydrogens (tertiary/aromatic N) is 2. The molecule has 1 unspecified atom stereocenters. The molecule has 1 saturated carbocycles. The summed E-state index contributed by atoms with van der Waals surface area (Å²) in [6.45, 7) is 8.46. The van der Waals surface area contributed by atoms with Gasteiger partial charge in [-0.05, 0) is 89.0 Å². The van der Waals surface area contributed by atoms with Crippen LogP contribution in [0.5, 0.6) is 0 Å². The molecule has 5 nitrogen and oxygen atoms in total. The number of hydrogen-bond donors (Lipinski definition) is 1. The maximum atomic E-state index is 12.9. The van der Waals surface area contributed by atoms with E-state index in [0.29, 0.717) is 23.6 Å². The van der Waals surface area contributed by atoms with Crippen molar-refractivity contribution in [2.45, 2.75) is 76.5 Å². The Kier molecular flexibility index (Phi) is 6.81. The number of amides is 1. The SMILES string of the molecule is CC(C)(O)c1ccc(C(=O)N2CCC(N3CCCC(COC4CCC4)C3)CC2)cc1. The first-order valence-electron chi connectivity index (χ1n) is 11.9. The van der Waals surface area contributed by atoms with Crippen molar-refractivity contribution in [3.05, 3.63) is 35.4 Å². The number of piperidine rings is 2. The maximum Gasteiger partial charge on any atom is 0.253 e. The van der Waals surface area contributed by atoms with E-state index in [0.717, 1.165) is 44.6 Å². The fourth-order valence-electron chi connectivity index (χ4n) is 5.01. The summed E-state index contributed by atoms with van der Waals surface area (Å²) >= 11 is 0. The van der Waals surface area contributed by atoms with E-state index in [2.05, 4.69) is 4.90 Å². The third-order valence-corrected chi connectivity index (χ3v) is 7.28. The second-order valence-electron chi connectivity index (χ2n) is 10.0. The topological polar surface area (TPSA) is 53.0 Å². The van der Waals surface area contributed by atoms with Crippen molar-refractivity contribution >= 4 is 5.91 Å². The monoisotopic (exact) mass is 414 g/mol. The number of carbonyl (C=O) groups excluding carboxylic acids is 1. The summed E-state index contributed by atoms with van der Waals surface area (Å²) in [6, 6.07) is 8.01. The van der Waals surface area contributed by atoms with Gasteiger partial charge in [-0.1, -0.05) is 12.1 Å². The first-order valence-corrected chi connectivity index (χ1v) is 11.9. The average molecular weight is 415 g/mol. The summed E-state index contributed by atoms with van der Waals surface area (Å²) in [6.07, 6.45) is 9.06. The third kappa shape index (κ3) is 5.24. The molecule has 3 aliphatic rings. The highest BCUT2D eigenvalue weighted by Gasteiger charge is 2.31. The van der Waals surface area contributed by atoms with E-state index in [-0.39, 0.29) is 5.91 Å². The summed E-state index contributed by atoms with van der Waals surface area (Å²) in [7, 11) is 0. The Morgan fingerprint density at radius 2 is 1.73 bits per heavy atom. The van der Waals surface area contributed by atoms with E-state index < -0.39 is 5.60 Å². The molecule has 0 spiro atoms. The third-order valence-electron chi connectivity index (χ3n) is 7.28. The zero-order chi connectivity index (χ0) is 21.1. The second-order valence-corrected chi connectivity index (χ2v) is 10.0. The van der Waals surface area contributed by atoms with Crippen LogP contribution in [0.15, 0.2) is 24.3 Å². The lowest BCUT2D eigenvalue weighted by molar-refractivity contribution is -0.0342. The first-order chi connectivity index (χ1) is 14.4. The highest BCUT2D eigenvalue weighted by atomic mass is 16.5. The minimum atomic E-state index is -0.880. The summed E-state index contributed by atoms with van der Waals surface area (Å²) < 4.78 is 6.08. The zero-order valence-corrected chi connectivity index (χ0v) is 18.7. The Balaban J connectivity index is 1.25. The Hall–Kier alpha value is -1.43. The van der Waals surface area contributed by atoms with Crippen LogP contribution in [0.2, 0.25) is 0 Å². The van der Waals surface area contributed by atoms with Gasteiger partial charge in [-0.2, -0.15) is 0 Å². The van der Waals surface area contributed by atoms with Gasteiger partial charge in [0.2, 0.25) is 0 Å². The fourth-order valence-corrected chi connectivity index (χ4v) is 5.01. The molecular formula is C25H38N2O3. The molecule has 2 heterocycles. The van der Waals surface area contributed by atoms with Crippen molar-refractivity contribution in [1.29, 1.82) is 0 Å². The van der Waals surface area contributed by atoms with Crippen molar-refractivity contribution in [2.24, 2.45) is 5.92 Å². The van der Waals surface area contributed by atoms with Crippen LogP contribution in [0.3, 0.4) is 0 Å². The van der Waals surface area contributed by atoms with E-state index in [1.807, 2.05) is 29.2 Å². The van der Waals surface area contributed by atoms with Gasteiger partial charge < -0.3 is 14.7 Å². The molecule has 166 valence electrons. The minimum Gasteiger partial charge on any atom is -0.386 e. The van der Waals surface area contributed by atoms with Gasteiger partial charge in [-0.3, -0.25) is 9.69 Å². The van der Waals surface area contributed by atoms with Crippen molar-refractivity contribution in [2.75, 3.05) is 32.8 Å². The molecule has 1 aliphatic carbocycles. The number of hydrogen-bond acceptors (Lipinski definition) is 4.